The lowest BCUT2D eigenvalue weighted by atomic mass is 10.2. The van der Waals surface area contributed by atoms with Crippen molar-refractivity contribution in [3.8, 4) is 11.4 Å². The fourth-order valence-electron chi connectivity index (χ4n) is 1.36. The molecule has 17 heavy (non-hydrogen) atoms. The second kappa shape index (κ2) is 5.49. The summed E-state index contributed by atoms with van der Waals surface area (Å²) in [5.74, 6) is 0.586. The Bertz CT molecular complexity index is 496. The summed E-state index contributed by atoms with van der Waals surface area (Å²) in [6.07, 6.45) is 0. The Morgan fingerprint density at radius 3 is 2.59 bits per heavy atom. The van der Waals surface area contributed by atoms with Gasteiger partial charge in [0, 0.05) is 17.7 Å². The summed E-state index contributed by atoms with van der Waals surface area (Å²) in [7, 11) is 1.63. The topological polar surface area (TPSA) is 39.9 Å². The quantitative estimate of drug-likeness (QED) is 0.859. The first-order valence-corrected chi connectivity index (χ1v) is 5.81. The first-order valence-electron chi connectivity index (χ1n) is 5.06. The third-order valence-electron chi connectivity index (χ3n) is 2.24. The molecule has 2 aromatic rings. The molecule has 0 aliphatic rings. The Kier molecular flexibility index (Phi) is 3.99. The van der Waals surface area contributed by atoms with E-state index in [1.165, 1.54) is 0 Å². The maximum Gasteiger partial charge on any atom is 0.221 e. The van der Waals surface area contributed by atoms with Gasteiger partial charge in [-0.05, 0) is 35.9 Å². The first-order chi connectivity index (χ1) is 8.20. The van der Waals surface area contributed by atoms with Crippen molar-refractivity contribution in [1.82, 2.24) is 14.8 Å². The molecule has 0 atom stereocenters. The van der Waals surface area contributed by atoms with Crippen LogP contribution in [0.4, 0.5) is 0 Å². The van der Waals surface area contributed by atoms with Crippen molar-refractivity contribution in [3.63, 3.8) is 0 Å². The Labute approximate surface area is 109 Å². The molecule has 90 valence electrons. The summed E-state index contributed by atoms with van der Waals surface area (Å²) < 4.78 is 6.57. The number of halogens is 2. The predicted octanol–water partition coefficient (Wildman–Crippen LogP) is 2.90. The molecule has 1 heterocycles. The minimum atomic E-state index is 0.354. The molecule has 0 aliphatic heterocycles. The van der Waals surface area contributed by atoms with Gasteiger partial charge in [-0.3, -0.25) is 0 Å². The lowest BCUT2D eigenvalue weighted by Crippen LogP contribution is -2.05. The van der Waals surface area contributed by atoms with E-state index in [0.29, 0.717) is 29.3 Å². The van der Waals surface area contributed by atoms with Gasteiger partial charge >= 0.3 is 0 Å². The van der Waals surface area contributed by atoms with Gasteiger partial charge < -0.3 is 4.74 Å². The zero-order valence-corrected chi connectivity index (χ0v) is 10.7. The summed E-state index contributed by atoms with van der Waals surface area (Å²) in [4.78, 5) is 4.18. The average Bonchev–Trinajstić information content (AvgIpc) is 2.69. The van der Waals surface area contributed by atoms with Crippen molar-refractivity contribution < 1.29 is 4.74 Å². The van der Waals surface area contributed by atoms with Crippen LogP contribution in [0.15, 0.2) is 24.3 Å². The highest BCUT2D eigenvalue weighted by Gasteiger charge is 2.09. The van der Waals surface area contributed by atoms with Crippen LogP contribution in [0.3, 0.4) is 0 Å². The molecule has 0 saturated carbocycles. The van der Waals surface area contributed by atoms with E-state index in [-0.39, 0.29) is 0 Å². The van der Waals surface area contributed by atoms with Crippen LogP contribution in [0, 0.1) is 0 Å². The second-order valence-corrected chi connectivity index (χ2v) is 4.20. The third-order valence-corrected chi connectivity index (χ3v) is 2.77. The van der Waals surface area contributed by atoms with E-state index in [4.69, 9.17) is 27.9 Å². The number of benzene rings is 1. The highest BCUT2D eigenvalue weighted by Crippen LogP contribution is 2.20. The van der Waals surface area contributed by atoms with Gasteiger partial charge in [-0.2, -0.15) is 4.98 Å². The highest BCUT2D eigenvalue weighted by atomic mass is 35.5. The summed E-state index contributed by atoms with van der Waals surface area (Å²) in [6.45, 7) is 1.12. The molecular formula is C11H11Cl2N3O. The van der Waals surface area contributed by atoms with Crippen LogP contribution < -0.4 is 0 Å². The van der Waals surface area contributed by atoms with E-state index in [2.05, 4.69) is 10.1 Å². The van der Waals surface area contributed by atoms with E-state index in [9.17, 15) is 0 Å². The average molecular weight is 272 g/mol. The fraction of sp³-hybridized carbons (Fsp3) is 0.273. The van der Waals surface area contributed by atoms with Crippen molar-refractivity contribution in [2.24, 2.45) is 0 Å². The third kappa shape index (κ3) is 2.97. The molecule has 0 N–H and O–H groups in total. The van der Waals surface area contributed by atoms with E-state index >= 15 is 0 Å². The lowest BCUT2D eigenvalue weighted by molar-refractivity contribution is 0.183. The van der Waals surface area contributed by atoms with E-state index in [1.807, 2.05) is 12.1 Å². The van der Waals surface area contributed by atoms with Crippen molar-refractivity contribution in [2.45, 2.75) is 6.54 Å². The molecule has 2 rings (SSSR count). The van der Waals surface area contributed by atoms with Crippen LogP contribution >= 0.6 is 23.2 Å². The number of hydrogen-bond donors (Lipinski definition) is 0. The van der Waals surface area contributed by atoms with Gasteiger partial charge in [-0.25, -0.2) is 4.68 Å². The molecule has 1 aromatic heterocycles. The number of ether oxygens (including phenoxy) is 1. The monoisotopic (exact) mass is 271 g/mol. The van der Waals surface area contributed by atoms with Gasteiger partial charge in [-0.15, -0.1) is 5.10 Å². The van der Waals surface area contributed by atoms with Crippen LogP contribution in [-0.4, -0.2) is 28.5 Å². The summed E-state index contributed by atoms with van der Waals surface area (Å²) >= 11 is 11.8. The van der Waals surface area contributed by atoms with E-state index < -0.39 is 0 Å². The number of methoxy groups -OCH3 is 1. The molecule has 0 amide bonds. The highest BCUT2D eigenvalue weighted by molar-refractivity contribution is 6.30. The van der Waals surface area contributed by atoms with Crippen molar-refractivity contribution in [3.05, 3.63) is 34.6 Å². The fourth-order valence-corrected chi connectivity index (χ4v) is 1.69. The Morgan fingerprint density at radius 2 is 1.94 bits per heavy atom. The summed E-state index contributed by atoms with van der Waals surface area (Å²) in [6, 6.07) is 7.30. The summed E-state index contributed by atoms with van der Waals surface area (Å²) in [5.41, 5.74) is 0.882. The Hall–Kier alpha value is -1.10. The predicted molar refractivity (Wildman–Crippen MR) is 67.4 cm³/mol. The van der Waals surface area contributed by atoms with Gasteiger partial charge in [0.2, 0.25) is 5.28 Å². The molecular weight excluding hydrogens is 261 g/mol. The minimum absolute atomic E-state index is 0.354. The lowest BCUT2D eigenvalue weighted by Gasteiger charge is -1.99. The molecule has 0 spiro atoms. The van der Waals surface area contributed by atoms with Crippen LogP contribution in [-0.2, 0) is 11.3 Å². The zero-order chi connectivity index (χ0) is 12.3. The molecule has 6 heteroatoms. The molecule has 0 aliphatic carbocycles. The maximum absolute atomic E-state index is 5.97. The van der Waals surface area contributed by atoms with Crippen LogP contribution in [0.5, 0.6) is 0 Å². The van der Waals surface area contributed by atoms with E-state index in [0.717, 1.165) is 5.56 Å². The van der Waals surface area contributed by atoms with Crippen molar-refractivity contribution in [2.75, 3.05) is 13.7 Å². The largest absolute Gasteiger partial charge is 0.383 e. The number of hydrogen-bond acceptors (Lipinski definition) is 3. The molecule has 0 fully saturated rings. The number of rotatable bonds is 4. The minimum Gasteiger partial charge on any atom is -0.383 e. The molecule has 0 saturated heterocycles. The van der Waals surface area contributed by atoms with Crippen LogP contribution in [0.2, 0.25) is 10.3 Å². The van der Waals surface area contributed by atoms with Gasteiger partial charge in [-0.1, -0.05) is 11.6 Å². The maximum atomic E-state index is 5.97. The van der Waals surface area contributed by atoms with Gasteiger partial charge in [0.25, 0.3) is 0 Å². The van der Waals surface area contributed by atoms with Crippen molar-refractivity contribution >= 4 is 23.2 Å². The van der Waals surface area contributed by atoms with Gasteiger partial charge in [0.15, 0.2) is 5.82 Å². The Morgan fingerprint density at radius 1 is 1.24 bits per heavy atom. The number of aromatic nitrogens is 3. The zero-order valence-electron chi connectivity index (χ0n) is 9.23. The summed E-state index contributed by atoms with van der Waals surface area (Å²) in [5, 5.41) is 5.33. The van der Waals surface area contributed by atoms with Crippen molar-refractivity contribution in [1.29, 1.82) is 0 Å². The molecule has 0 radical (unpaired) electrons. The van der Waals surface area contributed by atoms with Gasteiger partial charge in [0.1, 0.15) is 0 Å². The molecule has 0 bridgehead atoms. The molecule has 1 aromatic carbocycles. The van der Waals surface area contributed by atoms with Gasteiger partial charge in [0.05, 0.1) is 13.2 Å². The number of nitrogens with zero attached hydrogens (tertiary/aromatic N) is 3. The normalized spacial score (nSPS) is 10.8. The van der Waals surface area contributed by atoms with Crippen LogP contribution in [0.1, 0.15) is 0 Å². The van der Waals surface area contributed by atoms with E-state index in [1.54, 1.807) is 23.9 Å². The second-order valence-electron chi connectivity index (χ2n) is 3.43. The molecule has 4 nitrogen and oxygen atoms in total. The standard InChI is InChI=1S/C11H11Cl2N3O/c1-17-7-6-16-11(13)14-10(15-16)8-2-4-9(12)5-3-8/h2-5H,6-7H2,1H3. The van der Waals surface area contributed by atoms with Crippen LogP contribution in [0.25, 0.3) is 11.4 Å². The Balaban J connectivity index is 2.24. The molecule has 0 unspecified atom stereocenters. The smallest absolute Gasteiger partial charge is 0.221 e. The first kappa shape index (κ1) is 12.4. The SMILES string of the molecule is COCCn1nc(-c2ccc(Cl)cc2)nc1Cl.